The quantitative estimate of drug-likeness (QED) is 0.538. The lowest BCUT2D eigenvalue weighted by Gasteiger charge is -2.36. The Labute approximate surface area is 128 Å². The molecule has 5 heteroatoms. The fourth-order valence-electron chi connectivity index (χ4n) is 2.63. The Bertz CT molecular complexity index is 399. The van der Waals surface area contributed by atoms with Gasteiger partial charge >= 0.3 is 5.97 Å². The van der Waals surface area contributed by atoms with Gasteiger partial charge in [0.05, 0.1) is 20.3 Å². The molecule has 0 saturated carbocycles. The molecule has 0 amide bonds. The summed E-state index contributed by atoms with van der Waals surface area (Å²) in [6.07, 6.45) is 1.81. The lowest BCUT2D eigenvalue weighted by molar-refractivity contribution is -0.163. The molecule has 0 spiro atoms. The summed E-state index contributed by atoms with van der Waals surface area (Å²) in [6.45, 7) is 11.8. The number of carbonyl (C=O) groups is 1. The van der Waals surface area contributed by atoms with Crippen LogP contribution in [0, 0.1) is 0 Å². The lowest BCUT2D eigenvalue weighted by Crippen LogP contribution is -2.45. The van der Waals surface area contributed by atoms with E-state index in [2.05, 4.69) is 6.92 Å². The van der Waals surface area contributed by atoms with Gasteiger partial charge in [0.15, 0.2) is 6.10 Å². The Morgan fingerprint density at radius 3 is 2.52 bits per heavy atom. The van der Waals surface area contributed by atoms with Gasteiger partial charge in [-0.3, -0.25) is 0 Å². The first-order chi connectivity index (χ1) is 9.66. The second-order valence-corrected chi connectivity index (χ2v) is 12.1. The van der Waals surface area contributed by atoms with Crippen molar-refractivity contribution in [2.45, 2.75) is 84.4 Å². The summed E-state index contributed by atoms with van der Waals surface area (Å²) < 4.78 is 25.8. The monoisotopic (exact) mass is 316 g/mol. The van der Waals surface area contributed by atoms with Crippen LogP contribution in [0.3, 0.4) is 0 Å². The summed E-state index contributed by atoms with van der Waals surface area (Å²) in [4.78, 5) is 12.3. The molecule has 1 aliphatic heterocycles. The molecule has 2 atom stereocenters. The van der Waals surface area contributed by atoms with Gasteiger partial charge in [-0.2, -0.15) is 0 Å². The van der Waals surface area contributed by atoms with E-state index in [-0.39, 0.29) is 18.0 Å². The van der Waals surface area contributed by atoms with E-state index in [4.69, 9.17) is 9.47 Å². The Balaban J connectivity index is 3.01. The highest BCUT2D eigenvalue weighted by Gasteiger charge is 2.42. The Morgan fingerprint density at radius 2 is 2.05 bits per heavy atom. The van der Waals surface area contributed by atoms with Gasteiger partial charge in [0.25, 0.3) is 0 Å². The molecule has 1 heterocycles. The van der Waals surface area contributed by atoms with Gasteiger partial charge in [0.2, 0.25) is 0 Å². The molecule has 0 aromatic carbocycles. The van der Waals surface area contributed by atoms with Crippen LogP contribution in [0.5, 0.6) is 0 Å². The Hall–Kier alpha value is -0.683. The molecule has 0 saturated heterocycles. The van der Waals surface area contributed by atoms with E-state index in [1.54, 1.807) is 13.8 Å². The lowest BCUT2D eigenvalue weighted by atomic mass is 10.0. The predicted molar refractivity (Wildman–Crippen MR) is 85.5 cm³/mol. The summed E-state index contributed by atoms with van der Waals surface area (Å²) in [5.74, 6) is -0.592. The Kier molecular flexibility index (Phi) is 6.59. The molecule has 0 aromatic rings. The summed E-state index contributed by atoms with van der Waals surface area (Å²) in [7, 11) is -1.98. The van der Waals surface area contributed by atoms with E-state index in [0.717, 1.165) is 19.3 Å². The highest BCUT2D eigenvalue weighted by atomic mass is 28.3. The van der Waals surface area contributed by atoms with Crippen molar-refractivity contribution in [1.82, 2.24) is 0 Å². The van der Waals surface area contributed by atoms with Crippen LogP contribution in [0.1, 0.15) is 46.5 Å². The van der Waals surface area contributed by atoms with Crippen LogP contribution >= 0.6 is 0 Å². The van der Waals surface area contributed by atoms with Gasteiger partial charge < -0.3 is 9.47 Å². The summed E-state index contributed by atoms with van der Waals surface area (Å²) in [5.41, 5.74) is 0. The number of ether oxygens (including phenoxy) is 2. The maximum absolute atomic E-state index is 14.6. The van der Waals surface area contributed by atoms with Gasteiger partial charge in [-0.25, -0.2) is 9.18 Å². The predicted octanol–water partition coefficient (Wildman–Crippen LogP) is 4.39. The number of esters is 1. The average molecular weight is 316 g/mol. The maximum atomic E-state index is 14.6. The van der Waals surface area contributed by atoms with Crippen LogP contribution in [0.2, 0.25) is 19.6 Å². The fraction of sp³-hybridized carbons (Fsp3) is 0.812. The highest BCUT2D eigenvalue weighted by molar-refractivity contribution is 6.83. The minimum atomic E-state index is -1.98. The topological polar surface area (TPSA) is 35.5 Å². The SMILES string of the molecule is CCCC[C@@H]1CC(F)=C([Si](C)(C)C)[C@@H](C(=O)OC(C)C)O1. The molecule has 0 N–H and O–H groups in total. The standard InChI is InChI=1S/C16H29FO3Si/c1-7-8-9-12-10-13(17)15(21(4,5)6)14(20-12)16(18)19-11(2)3/h11-12,14H,7-10H2,1-6H3/t12-,14+/m1/s1. The van der Waals surface area contributed by atoms with Crippen molar-refractivity contribution < 1.29 is 18.7 Å². The molecule has 3 nitrogen and oxygen atoms in total. The molecule has 0 aromatic heterocycles. The zero-order valence-corrected chi connectivity index (χ0v) is 15.2. The van der Waals surface area contributed by atoms with Crippen LogP contribution in [-0.4, -0.2) is 32.4 Å². The van der Waals surface area contributed by atoms with Crippen molar-refractivity contribution in [1.29, 1.82) is 0 Å². The van der Waals surface area contributed by atoms with Crippen LogP contribution in [0.25, 0.3) is 0 Å². The van der Waals surface area contributed by atoms with Gasteiger partial charge in [-0.1, -0.05) is 39.4 Å². The average Bonchev–Trinajstić information content (AvgIpc) is 2.33. The molecule has 122 valence electrons. The van der Waals surface area contributed by atoms with E-state index >= 15 is 0 Å². The Morgan fingerprint density at radius 1 is 1.43 bits per heavy atom. The van der Waals surface area contributed by atoms with Gasteiger partial charge in [0.1, 0.15) is 5.83 Å². The van der Waals surface area contributed by atoms with Crippen LogP contribution in [-0.2, 0) is 14.3 Å². The molecule has 1 rings (SSSR count). The van der Waals surface area contributed by atoms with Crippen molar-refractivity contribution in [3.8, 4) is 0 Å². The summed E-state index contributed by atoms with van der Waals surface area (Å²) >= 11 is 0. The molecular weight excluding hydrogens is 287 g/mol. The number of hydrogen-bond acceptors (Lipinski definition) is 3. The normalized spacial score (nSPS) is 23.6. The molecule has 0 fully saturated rings. The third-order valence-corrected chi connectivity index (χ3v) is 5.69. The number of rotatable bonds is 6. The van der Waals surface area contributed by atoms with Gasteiger partial charge in [-0.05, 0) is 25.5 Å². The fourth-order valence-corrected chi connectivity index (χ4v) is 4.52. The smallest absolute Gasteiger partial charge is 0.339 e. The molecule has 0 unspecified atom stereocenters. The molecule has 1 aliphatic rings. The third kappa shape index (κ3) is 5.22. The van der Waals surface area contributed by atoms with E-state index in [1.165, 1.54) is 0 Å². The van der Waals surface area contributed by atoms with E-state index in [0.29, 0.717) is 11.6 Å². The van der Waals surface area contributed by atoms with Crippen LogP contribution < -0.4 is 0 Å². The molecule has 0 radical (unpaired) electrons. The minimum absolute atomic E-state index is 0.146. The minimum Gasteiger partial charge on any atom is -0.461 e. The van der Waals surface area contributed by atoms with E-state index in [1.807, 2.05) is 19.6 Å². The molecular formula is C16H29FO3Si. The zero-order valence-electron chi connectivity index (χ0n) is 14.2. The number of carbonyl (C=O) groups excluding carboxylic acids is 1. The zero-order chi connectivity index (χ0) is 16.2. The van der Waals surface area contributed by atoms with Crippen LogP contribution in [0.15, 0.2) is 11.0 Å². The maximum Gasteiger partial charge on any atom is 0.339 e. The van der Waals surface area contributed by atoms with Gasteiger partial charge in [-0.15, -0.1) is 0 Å². The van der Waals surface area contributed by atoms with E-state index < -0.39 is 20.1 Å². The summed E-state index contributed by atoms with van der Waals surface area (Å²) in [6, 6.07) is 0. The van der Waals surface area contributed by atoms with Crippen LogP contribution in [0.4, 0.5) is 4.39 Å². The number of halogens is 1. The molecule has 0 bridgehead atoms. The second-order valence-electron chi connectivity index (χ2n) is 7.04. The van der Waals surface area contributed by atoms with Crippen molar-refractivity contribution in [3.05, 3.63) is 11.0 Å². The molecule has 21 heavy (non-hydrogen) atoms. The number of unbranched alkanes of at least 4 members (excludes halogenated alkanes) is 1. The van der Waals surface area contributed by atoms with Crippen molar-refractivity contribution in [2.24, 2.45) is 0 Å². The molecule has 0 aliphatic carbocycles. The summed E-state index contributed by atoms with van der Waals surface area (Å²) in [5, 5.41) is 0.570. The highest BCUT2D eigenvalue weighted by Crippen LogP contribution is 2.35. The first-order valence-corrected chi connectivity index (χ1v) is 11.4. The van der Waals surface area contributed by atoms with Crippen molar-refractivity contribution in [2.75, 3.05) is 0 Å². The van der Waals surface area contributed by atoms with Crippen molar-refractivity contribution >= 4 is 14.0 Å². The van der Waals surface area contributed by atoms with Crippen molar-refractivity contribution in [3.63, 3.8) is 0 Å². The van der Waals surface area contributed by atoms with Gasteiger partial charge in [0, 0.05) is 6.42 Å². The second kappa shape index (κ2) is 7.54. The third-order valence-electron chi connectivity index (χ3n) is 3.54. The number of hydrogen-bond donors (Lipinski definition) is 0. The first kappa shape index (κ1) is 18.4. The first-order valence-electron chi connectivity index (χ1n) is 7.91. The largest absolute Gasteiger partial charge is 0.461 e. The van der Waals surface area contributed by atoms with E-state index in [9.17, 15) is 9.18 Å².